The highest BCUT2D eigenvalue weighted by atomic mass is 35.5. The highest BCUT2D eigenvalue weighted by Gasteiger charge is 2.02. The van der Waals surface area contributed by atoms with Crippen LogP contribution in [0.15, 0.2) is 30.5 Å². The molecule has 1 aromatic heterocycles. The Hall–Kier alpha value is -1.48. The van der Waals surface area contributed by atoms with E-state index < -0.39 is 0 Å². The maximum Gasteiger partial charge on any atom is 0.0575 e. The van der Waals surface area contributed by atoms with E-state index in [1.807, 2.05) is 35.1 Å². The summed E-state index contributed by atoms with van der Waals surface area (Å²) < 4.78 is 1.98. The molecule has 0 atom stereocenters. The Balaban J connectivity index is 2.09. The van der Waals surface area contributed by atoms with E-state index in [4.69, 9.17) is 11.6 Å². The number of nitrogens with zero attached hydrogens (tertiary/aromatic N) is 2. The van der Waals surface area contributed by atoms with Gasteiger partial charge in [0.05, 0.1) is 12.2 Å². The summed E-state index contributed by atoms with van der Waals surface area (Å²) in [5.74, 6) is 0. The second-order valence-electron chi connectivity index (χ2n) is 3.95. The zero-order valence-electron chi connectivity index (χ0n) is 10.1. The van der Waals surface area contributed by atoms with Gasteiger partial charge >= 0.3 is 0 Å². The highest BCUT2D eigenvalue weighted by molar-refractivity contribution is 6.30. The number of hydrogen-bond donors (Lipinski definition) is 1. The number of rotatable bonds is 4. The van der Waals surface area contributed by atoms with E-state index in [9.17, 15) is 0 Å². The Morgan fingerprint density at radius 1 is 1.35 bits per heavy atom. The van der Waals surface area contributed by atoms with Crippen LogP contribution < -0.4 is 5.32 Å². The fourth-order valence-corrected chi connectivity index (χ4v) is 1.94. The van der Waals surface area contributed by atoms with Gasteiger partial charge in [0.15, 0.2) is 0 Å². The van der Waals surface area contributed by atoms with Crippen LogP contribution in [0, 0.1) is 6.92 Å². The van der Waals surface area contributed by atoms with Crippen molar-refractivity contribution in [3.8, 4) is 0 Å². The number of anilines is 1. The van der Waals surface area contributed by atoms with E-state index >= 15 is 0 Å². The number of halogens is 1. The summed E-state index contributed by atoms with van der Waals surface area (Å²) in [6.07, 6.45) is 1.82. The van der Waals surface area contributed by atoms with Gasteiger partial charge in [-0.15, -0.1) is 0 Å². The van der Waals surface area contributed by atoms with Gasteiger partial charge in [0.1, 0.15) is 0 Å². The average molecular weight is 250 g/mol. The molecule has 2 aromatic rings. The van der Waals surface area contributed by atoms with Gasteiger partial charge in [-0.2, -0.15) is 5.10 Å². The predicted octanol–water partition coefficient (Wildman–Crippen LogP) is 3.48. The quantitative estimate of drug-likeness (QED) is 0.899. The molecule has 0 aliphatic heterocycles. The molecule has 0 aliphatic rings. The fourth-order valence-electron chi connectivity index (χ4n) is 1.77. The third-order valence-electron chi connectivity index (χ3n) is 2.76. The molecule has 0 bridgehead atoms. The Labute approximate surface area is 106 Å². The van der Waals surface area contributed by atoms with E-state index in [0.717, 1.165) is 23.8 Å². The molecule has 0 fully saturated rings. The molecule has 0 saturated carbocycles. The number of aromatic nitrogens is 2. The molecule has 0 unspecified atom stereocenters. The molecule has 0 amide bonds. The SMILES string of the molecule is CCn1nccc1CNc1cc(Cl)ccc1C. The van der Waals surface area contributed by atoms with Crippen molar-refractivity contribution in [3.63, 3.8) is 0 Å². The molecule has 1 N–H and O–H groups in total. The molecule has 0 spiro atoms. The summed E-state index contributed by atoms with van der Waals surface area (Å²) in [5.41, 5.74) is 3.44. The van der Waals surface area contributed by atoms with Crippen molar-refractivity contribution in [1.82, 2.24) is 9.78 Å². The van der Waals surface area contributed by atoms with E-state index in [-0.39, 0.29) is 0 Å². The van der Waals surface area contributed by atoms with Crippen LogP contribution >= 0.6 is 11.6 Å². The first-order valence-electron chi connectivity index (χ1n) is 5.71. The van der Waals surface area contributed by atoms with Crippen LogP contribution in [0.1, 0.15) is 18.2 Å². The van der Waals surface area contributed by atoms with Gasteiger partial charge in [0.2, 0.25) is 0 Å². The van der Waals surface area contributed by atoms with Gasteiger partial charge in [-0.3, -0.25) is 4.68 Å². The Kier molecular flexibility index (Phi) is 3.69. The molecule has 0 aliphatic carbocycles. The van der Waals surface area contributed by atoms with Crippen molar-refractivity contribution in [2.24, 2.45) is 0 Å². The second kappa shape index (κ2) is 5.23. The van der Waals surface area contributed by atoms with Gasteiger partial charge < -0.3 is 5.32 Å². The lowest BCUT2D eigenvalue weighted by Crippen LogP contribution is -2.08. The normalized spacial score (nSPS) is 10.5. The largest absolute Gasteiger partial charge is 0.379 e. The average Bonchev–Trinajstić information content (AvgIpc) is 2.77. The summed E-state index contributed by atoms with van der Waals surface area (Å²) in [4.78, 5) is 0. The van der Waals surface area contributed by atoms with Crippen molar-refractivity contribution in [2.75, 3.05) is 5.32 Å². The minimum absolute atomic E-state index is 0.752. The van der Waals surface area contributed by atoms with Crippen molar-refractivity contribution >= 4 is 17.3 Å². The Bertz CT molecular complexity index is 505. The lowest BCUT2D eigenvalue weighted by atomic mass is 10.2. The third-order valence-corrected chi connectivity index (χ3v) is 3.00. The molecule has 17 heavy (non-hydrogen) atoms. The molecule has 0 radical (unpaired) electrons. The van der Waals surface area contributed by atoms with Gasteiger partial charge in [-0.05, 0) is 37.6 Å². The topological polar surface area (TPSA) is 29.9 Å². The van der Waals surface area contributed by atoms with E-state index in [2.05, 4.69) is 24.3 Å². The minimum Gasteiger partial charge on any atom is -0.379 e. The molecule has 90 valence electrons. The zero-order valence-corrected chi connectivity index (χ0v) is 10.8. The van der Waals surface area contributed by atoms with Gasteiger partial charge in [-0.1, -0.05) is 17.7 Å². The van der Waals surface area contributed by atoms with Crippen LogP contribution in [0.5, 0.6) is 0 Å². The summed E-state index contributed by atoms with van der Waals surface area (Å²) in [5, 5.41) is 8.38. The lowest BCUT2D eigenvalue weighted by molar-refractivity contribution is 0.627. The van der Waals surface area contributed by atoms with Crippen LogP contribution in [0.25, 0.3) is 0 Å². The van der Waals surface area contributed by atoms with Crippen molar-refractivity contribution in [3.05, 3.63) is 46.7 Å². The Morgan fingerprint density at radius 2 is 2.18 bits per heavy atom. The molecule has 4 heteroatoms. The van der Waals surface area contributed by atoms with E-state index in [0.29, 0.717) is 0 Å². The van der Waals surface area contributed by atoms with Crippen LogP contribution in [0.3, 0.4) is 0 Å². The predicted molar refractivity (Wildman–Crippen MR) is 71.4 cm³/mol. The zero-order chi connectivity index (χ0) is 12.3. The van der Waals surface area contributed by atoms with E-state index in [1.54, 1.807) is 0 Å². The van der Waals surface area contributed by atoms with Gasteiger partial charge in [-0.25, -0.2) is 0 Å². The van der Waals surface area contributed by atoms with Crippen LogP contribution in [0.2, 0.25) is 5.02 Å². The molecule has 0 saturated heterocycles. The summed E-state index contributed by atoms with van der Waals surface area (Å²) in [6.45, 7) is 5.80. The summed E-state index contributed by atoms with van der Waals surface area (Å²) in [6, 6.07) is 7.89. The first kappa shape index (κ1) is 12.0. The number of benzene rings is 1. The third kappa shape index (κ3) is 2.80. The van der Waals surface area contributed by atoms with Crippen molar-refractivity contribution in [1.29, 1.82) is 0 Å². The minimum atomic E-state index is 0.752. The van der Waals surface area contributed by atoms with Crippen molar-refractivity contribution < 1.29 is 0 Å². The van der Waals surface area contributed by atoms with Gasteiger partial charge in [0.25, 0.3) is 0 Å². The molecular formula is C13H16ClN3. The standard InChI is InChI=1S/C13H16ClN3/c1-3-17-12(6-7-16-17)9-15-13-8-11(14)5-4-10(13)2/h4-8,15H,3,9H2,1-2H3. The molecule has 1 heterocycles. The van der Waals surface area contributed by atoms with Crippen LogP contribution in [-0.2, 0) is 13.1 Å². The summed E-state index contributed by atoms with van der Waals surface area (Å²) in [7, 11) is 0. The van der Waals surface area contributed by atoms with Crippen LogP contribution in [-0.4, -0.2) is 9.78 Å². The first-order valence-corrected chi connectivity index (χ1v) is 6.09. The maximum absolute atomic E-state index is 5.98. The smallest absolute Gasteiger partial charge is 0.0575 e. The van der Waals surface area contributed by atoms with Crippen molar-refractivity contribution in [2.45, 2.75) is 26.9 Å². The molecule has 1 aromatic carbocycles. The lowest BCUT2D eigenvalue weighted by Gasteiger charge is -2.10. The summed E-state index contributed by atoms with van der Waals surface area (Å²) >= 11 is 5.98. The number of aryl methyl sites for hydroxylation is 2. The first-order chi connectivity index (χ1) is 8.20. The maximum atomic E-state index is 5.98. The van der Waals surface area contributed by atoms with Gasteiger partial charge in [0, 0.05) is 23.5 Å². The number of hydrogen-bond acceptors (Lipinski definition) is 2. The monoisotopic (exact) mass is 249 g/mol. The number of nitrogens with one attached hydrogen (secondary N) is 1. The van der Waals surface area contributed by atoms with E-state index in [1.165, 1.54) is 11.3 Å². The molecular weight excluding hydrogens is 234 g/mol. The second-order valence-corrected chi connectivity index (χ2v) is 4.39. The highest BCUT2D eigenvalue weighted by Crippen LogP contribution is 2.20. The fraction of sp³-hybridized carbons (Fsp3) is 0.308. The molecule has 2 rings (SSSR count). The molecule has 3 nitrogen and oxygen atoms in total. The Morgan fingerprint density at radius 3 is 2.94 bits per heavy atom. The van der Waals surface area contributed by atoms with Crippen LogP contribution in [0.4, 0.5) is 5.69 Å².